The van der Waals surface area contributed by atoms with Gasteiger partial charge in [-0.25, -0.2) is 9.66 Å². The van der Waals surface area contributed by atoms with Crippen LogP contribution in [0.2, 0.25) is 0 Å². The molecule has 0 amide bonds. The van der Waals surface area contributed by atoms with Crippen molar-refractivity contribution in [2.24, 2.45) is 0 Å². The van der Waals surface area contributed by atoms with Gasteiger partial charge >= 0.3 is 0 Å². The largest absolute Gasteiger partial charge is 0.320 e. The van der Waals surface area contributed by atoms with Crippen LogP contribution in [0.3, 0.4) is 0 Å². The van der Waals surface area contributed by atoms with Gasteiger partial charge < -0.3 is 5.43 Å². The maximum absolute atomic E-state index is 5.65. The highest BCUT2D eigenvalue weighted by atomic mass is 32.1. The molecule has 0 saturated heterocycles. The third-order valence-electron chi connectivity index (χ3n) is 4.13. The molecule has 1 aliphatic rings. The summed E-state index contributed by atoms with van der Waals surface area (Å²) >= 11 is 5.65. The van der Waals surface area contributed by atoms with E-state index < -0.39 is 0 Å². The van der Waals surface area contributed by atoms with Gasteiger partial charge in [0.25, 0.3) is 0 Å². The van der Waals surface area contributed by atoms with Crippen molar-refractivity contribution in [2.75, 3.05) is 5.43 Å². The lowest BCUT2D eigenvalue weighted by Gasteiger charge is -2.26. The van der Waals surface area contributed by atoms with Gasteiger partial charge in [-0.05, 0) is 43.0 Å². The maximum atomic E-state index is 5.65. The average molecular weight is 287 g/mol. The Morgan fingerprint density at radius 3 is 2.90 bits per heavy atom. The predicted molar refractivity (Wildman–Crippen MR) is 86.2 cm³/mol. The minimum Gasteiger partial charge on any atom is -0.320 e. The second-order valence-corrected chi connectivity index (χ2v) is 5.93. The second kappa shape index (κ2) is 5.92. The summed E-state index contributed by atoms with van der Waals surface area (Å²) in [5.41, 5.74) is 5.77. The number of aryl methyl sites for hydroxylation is 1. The van der Waals surface area contributed by atoms with Crippen molar-refractivity contribution in [3.63, 3.8) is 0 Å². The Hall–Kier alpha value is -1.42. The quantitative estimate of drug-likeness (QED) is 0.858. The lowest BCUT2D eigenvalue weighted by molar-refractivity contribution is 0.439. The molecule has 1 N–H and O–H groups in total. The van der Waals surface area contributed by atoms with Gasteiger partial charge in [0.05, 0.1) is 0 Å². The van der Waals surface area contributed by atoms with Crippen LogP contribution in [-0.4, -0.2) is 15.7 Å². The third-order valence-corrected chi connectivity index (χ3v) is 4.58. The van der Waals surface area contributed by atoms with E-state index in [-0.39, 0.29) is 0 Å². The molecule has 0 bridgehead atoms. The molecule has 20 heavy (non-hydrogen) atoms. The van der Waals surface area contributed by atoms with Gasteiger partial charge in [0, 0.05) is 17.6 Å². The van der Waals surface area contributed by atoms with Crippen LogP contribution in [-0.2, 0) is 6.42 Å². The fourth-order valence-electron chi connectivity index (χ4n) is 2.99. The summed E-state index contributed by atoms with van der Waals surface area (Å²) in [7, 11) is 0. The summed E-state index contributed by atoms with van der Waals surface area (Å²) in [4.78, 5) is 4.52. The molecule has 4 heteroatoms. The Balaban J connectivity index is 2.06. The Kier molecular flexibility index (Phi) is 4.01. The molecule has 0 aliphatic heterocycles. The molecule has 2 aromatic rings. The van der Waals surface area contributed by atoms with Crippen molar-refractivity contribution < 1.29 is 0 Å². The average Bonchev–Trinajstić information content (AvgIpc) is 2.51. The van der Waals surface area contributed by atoms with Crippen LogP contribution >= 0.6 is 12.2 Å². The molecule has 2 heterocycles. The standard InChI is InChI=1S/C16H21N3S/c1-2-12-11-13-7-6-10-17-15(13)19(16(12)20)18-14-8-4-3-5-9-14/h6-7,10-11,14,18H,2-5,8-9H2,1H3. The molecule has 3 rings (SSSR count). The van der Waals surface area contributed by atoms with E-state index in [2.05, 4.69) is 29.5 Å². The lowest BCUT2D eigenvalue weighted by Crippen LogP contribution is -2.31. The van der Waals surface area contributed by atoms with Crippen molar-refractivity contribution in [3.05, 3.63) is 34.6 Å². The number of hydrogen-bond acceptors (Lipinski definition) is 3. The van der Waals surface area contributed by atoms with Gasteiger partial charge in [0.1, 0.15) is 4.64 Å². The second-order valence-electron chi connectivity index (χ2n) is 5.54. The van der Waals surface area contributed by atoms with Gasteiger partial charge in [-0.15, -0.1) is 0 Å². The highest BCUT2D eigenvalue weighted by Crippen LogP contribution is 2.21. The van der Waals surface area contributed by atoms with E-state index >= 15 is 0 Å². The summed E-state index contributed by atoms with van der Waals surface area (Å²) in [5.74, 6) is 0. The van der Waals surface area contributed by atoms with Crippen LogP contribution in [0.25, 0.3) is 11.0 Å². The van der Waals surface area contributed by atoms with Gasteiger partial charge in [-0.2, -0.15) is 0 Å². The van der Waals surface area contributed by atoms with Crippen molar-refractivity contribution >= 4 is 23.3 Å². The molecule has 3 nitrogen and oxygen atoms in total. The predicted octanol–water partition coefficient (Wildman–Crippen LogP) is 4.20. The number of hydrogen-bond donors (Lipinski definition) is 1. The number of nitrogens with one attached hydrogen (secondary N) is 1. The van der Waals surface area contributed by atoms with E-state index in [1.165, 1.54) is 37.7 Å². The summed E-state index contributed by atoms with van der Waals surface area (Å²) in [5, 5.41) is 1.15. The summed E-state index contributed by atoms with van der Waals surface area (Å²) in [6.45, 7) is 2.15. The first-order valence-corrected chi connectivity index (χ1v) is 7.96. The van der Waals surface area contributed by atoms with Gasteiger partial charge in [-0.1, -0.05) is 38.4 Å². The molecular weight excluding hydrogens is 266 g/mol. The van der Waals surface area contributed by atoms with Crippen LogP contribution in [0.15, 0.2) is 24.4 Å². The minimum atomic E-state index is 0.521. The fraction of sp³-hybridized carbons (Fsp3) is 0.500. The van der Waals surface area contributed by atoms with Crippen molar-refractivity contribution in [3.8, 4) is 0 Å². The van der Waals surface area contributed by atoms with E-state index in [0.717, 1.165) is 22.1 Å². The molecule has 106 valence electrons. The monoisotopic (exact) mass is 287 g/mol. The molecule has 0 radical (unpaired) electrons. The van der Waals surface area contributed by atoms with E-state index in [4.69, 9.17) is 12.2 Å². The van der Waals surface area contributed by atoms with E-state index in [9.17, 15) is 0 Å². The first kappa shape index (κ1) is 13.6. The molecule has 0 unspecified atom stereocenters. The smallest absolute Gasteiger partial charge is 0.159 e. The number of aromatic nitrogens is 2. The summed E-state index contributed by atoms with van der Waals surface area (Å²) < 4.78 is 2.92. The highest BCUT2D eigenvalue weighted by molar-refractivity contribution is 7.71. The van der Waals surface area contributed by atoms with Crippen molar-refractivity contribution in [1.29, 1.82) is 0 Å². The highest BCUT2D eigenvalue weighted by Gasteiger charge is 2.15. The third kappa shape index (κ3) is 2.57. The SMILES string of the molecule is CCc1cc2cccnc2n(NC2CCCCC2)c1=S. The topological polar surface area (TPSA) is 29.9 Å². The number of fused-ring (bicyclic) bond motifs is 1. The molecule has 0 spiro atoms. The van der Waals surface area contributed by atoms with Crippen LogP contribution in [0.4, 0.5) is 0 Å². The number of nitrogens with zero attached hydrogens (tertiary/aromatic N) is 2. The molecule has 1 saturated carbocycles. The van der Waals surface area contributed by atoms with Crippen LogP contribution < -0.4 is 5.43 Å². The van der Waals surface area contributed by atoms with Crippen LogP contribution in [0.1, 0.15) is 44.6 Å². The minimum absolute atomic E-state index is 0.521. The van der Waals surface area contributed by atoms with Crippen molar-refractivity contribution in [1.82, 2.24) is 9.66 Å². The van der Waals surface area contributed by atoms with Crippen molar-refractivity contribution in [2.45, 2.75) is 51.5 Å². The fourth-order valence-corrected chi connectivity index (χ4v) is 3.33. The summed E-state index contributed by atoms with van der Waals surface area (Å²) in [6.07, 6.45) is 9.22. The van der Waals surface area contributed by atoms with Gasteiger partial charge in [0.15, 0.2) is 5.65 Å². The normalized spacial score (nSPS) is 16.4. The summed E-state index contributed by atoms with van der Waals surface area (Å²) in [6, 6.07) is 6.78. The van der Waals surface area contributed by atoms with E-state index in [1.54, 1.807) is 0 Å². The van der Waals surface area contributed by atoms with Crippen LogP contribution in [0, 0.1) is 4.64 Å². The van der Waals surface area contributed by atoms with Gasteiger partial charge in [0.2, 0.25) is 0 Å². The Labute approximate surface area is 125 Å². The zero-order valence-corrected chi connectivity index (χ0v) is 12.7. The molecule has 1 fully saturated rings. The zero-order valence-electron chi connectivity index (χ0n) is 11.9. The lowest BCUT2D eigenvalue weighted by atomic mass is 9.96. The number of pyridine rings is 2. The molecular formula is C16H21N3S. The Morgan fingerprint density at radius 1 is 1.35 bits per heavy atom. The molecule has 0 aromatic carbocycles. The van der Waals surface area contributed by atoms with E-state index in [0.29, 0.717) is 6.04 Å². The Morgan fingerprint density at radius 2 is 2.15 bits per heavy atom. The number of rotatable bonds is 3. The first-order chi connectivity index (χ1) is 9.79. The molecule has 1 aliphatic carbocycles. The molecule has 0 atom stereocenters. The van der Waals surface area contributed by atoms with Crippen LogP contribution in [0.5, 0.6) is 0 Å². The first-order valence-electron chi connectivity index (χ1n) is 7.56. The zero-order chi connectivity index (χ0) is 13.9. The van der Waals surface area contributed by atoms with E-state index in [1.807, 2.05) is 16.9 Å². The maximum Gasteiger partial charge on any atom is 0.159 e. The van der Waals surface area contributed by atoms with Gasteiger partial charge in [-0.3, -0.25) is 0 Å². The molecule has 2 aromatic heterocycles. The Bertz CT molecular complexity index is 656.